The maximum atomic E-state index is 6.39. The first-order chi connectivity index (χ1) is 11.5. The molecule has 0 amide bonds. The number of thiocarbonyl (C=S) groups is 1. The number of anilines is 1. The zero-order chi connectivity index (χ0) is 17.8. The number of quaternary nitrogens is 1. The SMILES string of the molecule is CCCCCCCCNc1ccc(C(=S)NCC[NH+](C)C)cc1Cl. The lowest BCUT2D eigenvalue weighted by Gasteiger charge is -2.13. The van der Waals surface area contributed by atoms with Gasteiger partial charge in [-0.3, -0.25) is 0 Å². The minimum atomic E-state index is 0.737. The molecule has 3 N–H and O–H groups in total. The topological polar surface area (TPSA) is 28.5 Å². The lowest BCUT2D eigenvalue weighted by atomic mass is 10.1. The third-order valence-electron chi connectivity index (χ3n) is 3.99. The summed E-state index contributed by atoms with van der Waals surface area (Å²) in [4.78, 5) is 2.16. The molecule has 136 valence electrons. The highest BCUT2D eigenvalue weighted by Crippen LogP contribution is 2.23. The van der Waals surface area contributed by atoms with Gasteiger partial charge in [-0.15, -0.1) is 0 Å². The van der Waals surface area contributed by atoms with E-state index < -0.39 is 0 Å². The fourth-order valence-electron chi connectivity index (χ4n) is 2.46. The smallest absolute Gasteiger partial charge is 0.106 e. The van der Waals surface area contributed by atoms with Crippen LogP contribution in [-0.4, -0.2) is 38.7 Å². The van der Waals surface area contributed by atoms with Crippen LogP contribution >= 0.6 is 23.8 Å². The number of halogens is 1. The molecule has 1 aromatic rings. The Balaban J connectivity index is 2.34. The van der Waals surface area contributed by atoms with Crippen molar-refractivity contribution in [2.75, 3.05) is 39.0 Å². The molecular weight excluding hydrogens is 338 g/mol. The minimum Gasteiger partial charge on any atom is -0.384 e. The van der Waals surface area contributed by atoms with E-state index in [1.165, 1.54) is 43.4 Å². The van der Waals surface area contributed by atoms with Crippen LogP contribution in [0.15, 0.2) is 18.2 Å². The van der Waals surface area contributed by atoms with E-state index in [-0.39, 0.29) is 0 Å². The minimum absolute atomic E-state index is 0.737. The maximum absolute atomic E-state index is 6.39. The summed E-state index contributed by atoms with van der Waals surface area (Å²) in [5.74, 6) is 0. The van der Waals surface area contributed by atoms with Crippen LogP contribution in [-0.2, 0) is 0 Å². The number of rotatable bonds is 12. The van der Waals surface area contributed by atoms with Gasteiger partial charge in [0.2, 0.25) is 0 Å². The average molecular weight is 371 g/mol. The molecule has 1 aromatic carbocycles. The fourth-order valence-corrected chi connectivity index (χ4v) is 2.93. The summed E-state index contributed by atoms with van der Waals surface area (Å²) in [5, 5.41) is 7.45. The highest BCUT2D eigenvalue weighted by Gasteiger charge is 2.06. The molecule has 0 atom stereocenters. The van der Waals surface area contributed by atoms with Gasteiger partial charge in [0.1, 0.15) is 4.99 Å². The molecule has 0 saturated carbocycles. The molecule has 0 aliphatic rings. The molecule has 0 fully saturated rings. The van der Waals surface area contributed by atoms with Crippen LogP contribution in [0.2, 0.25) is 5.02 Å². The highest BCUT2D eigenvalue weighted by atomic mass is 35.5. The van der Waals surface area contributed by atoms with Crippen molar-refractivity contribution in [3.05, 3.63) is 28.8 Å². The number of unbranched alkanes of at least 4 members (excludes halogenated alkanes) is 5. The molecule has 5 heteroatoms. The molecule has 24 heavy (non-hydrogen) atoms. The van der Waals surface area contributed by atoms with E-state index in [1.54, 1.807) is 0 Å². The van der Waals surface area contributed by atoms with Gasteiger partial charge in [-0.25, -0.2) is 0 Å². The first-order valence-electron chi connectivity index (χ1n) is 9.15. The second-order valence-corrected chi connectivity index (χ2v) is 7.42. The summed E-state index contributed by atoms with van der Waals surface area (Å²) >= 11 is 11.8. The van der Waals surface area contributed by atoms with E-state index in [0.29, 0.717) is 0 Å². The van der Waals surface area contributed by atoms with E-state index >= 15 is 0 Å². The van der Waals surface area contributed by atoms with E-state index in [1.807, 2.05) is 18.2 Å². The molecule has 0 heterocycles. The predicted octanol–water partition coefficient (Wildman–Crippen LogP) is 3.52. The van der Waals surface area contributed by atoms with Crippen LogP contribution in [0.4, 0.5) is 5.69 Å². The predicted molar refractivity (Wildman–Crippen MR) is 111 cm³/mol. The van der Waals surface area contributed by atoms with Crippen LogP contribution in [0.25, 0.3) is 0 Å². The first kappa shape index (κ1) is 21.2. The van der Waals surface area contributed by atoms with E-state index in [4.69, 9.17) is 23.8 Å². The van der Waals surface area contributed by atoms with Gasteiger partial charge < -0.3 is 15.5 Å². The molecule has 0 bridgehead atoms. The van der Waals surface area contributed by atoms with Crippen LogP contribution in [0.5, 0.6) is 0 Å². The van der Waals surface area contributed by atoms with Crippen molar-refractivity contribution >= 4 is 34.5 Å². The van der Waals surface area contributed by atoms with Crippen LogP contribution in [0.3, 0.4) is 0 Å². The number of hydrogen-bond donors (Lipinski definition) is 3. The van der Waals surface area contributed by atoms with Gasteiger partial charge in [0.15, 0.2) is 0 Å². The molecule has 0 aliphatic heterocycles. The van der Waals surface area contributed by atoms with Gasteiger partial charge >= 0.3 is 0 Å². The number of hydrogen-bond acceptors (Lipinski definition) is 2. The van der Waals surface area contributed by atoms with Crippen molar-refractivity contribution in [1.82, 2.24) is 5.32 Å². The highest BCUT2D eigenvalue weighted by molar-refractivity contribution is 7.80. The molecule has 0 spiro atoms. The average Bonchev–Trinajstić information content (AvgIpc) is 2.54. The van der Waals surface area contributed by atoms with Gasteiger partial charge in [-0.1, -0.05) is 62.8 Å². The summed E-state index contributed by atoms with van der Waals surface area (Å²) < 4.78 is 0. The summed E-state index contributed by atoms with van der Waals surface area (Å²) in [5.41, 5.74) is 1.98. The molecule has 0 aromatic heterocycles. The van der Waals surface area contributed by atoms with E-state index in [2.05, 4.69) is 31.7 Å². The monoisotopic (exact) mass is 370 g/mol. The number of likely N-dealkylation sites (N-methyl/N-ethyl adjacent to an activating group) is 1. The van der Waals surface area contributed by atoms with Crippen molar-refractivity contribution in [1.29, 1.82) is 0 Å². The van der Waals surface area contributed by atoms with Gasteiger partial charge in [0.05, 0.1) is 37.9 Å². The van der Waals surface area contributed by atoms with E-state index in [9.17, 15) is 0 Å². The van der Waals surface area contributed by atoms with Crippen molar-refractivity contribution in [2.24, 2.45) is 0 Å². The second-order valence-electron chi connectivity index (χ2n) is 6.60. The summed E-state index contributed by atoms with van der Waals surface area (Å²) in [6.07, 6.45) is 7.81. The molecule has 3 nitrogen and oxygen atoms in total. The molecule has 0 saturated heterocycles. The summed E-state index contributed by atoms with van der Waals surface area (Å²) in [6.45, 7) is 5.12. The lowest BCUT2D eigenvalue weighted by molar-refractivity contribution is -0.856. The molecule has 0 aliphatic carbocycles. The van der Waals surface area contributed by atoms with Crippen molar-refractivity contribution in [3.63, 3.8) is 0 Å². The first-order valence-corrected chi connectivity index (χ1v) is 9.94. The normalized spacial score (nSPS) is 10.9. The largest absolute Gasteiger partial charge is 0.384 e. The van der Waals surface area contributed by atoms with Crippen LogP contribution < -0.4 is 15.5 Å². The van der Waals surface area contributed by atoms with Crippen molar-refractivity contribution in [2.45, 2.75) is 45.4 Å². The fraction of sp³-hybridized carbons (Fsp3) is 0.632. The maximum Gasteiger partial charge on any atom is 0.106 e. The zero-order valence-electron chi connectivity index (χ0n) is 15.4. The van der Waals surface area contributed by atoms with Crippen LogP contribution in [0, 0.1) is 0 Å². The quantitative estimate of drug-likeness (QED) is 0.388. The summed E-state index contributed by atoms with van der Waals surface area (Å²) in [7, 11) is 4.26. The van der Waals surface area contributed by atoms with Crippen LogP contribution in [0.1, 0.15) is 51.0 Å². The molecule has 0 unspecified atom stereocenters. The Bertz CT molecular complexity index is 492. The molecule has 1 rings (SSSR count). The summed E-state index contributed by atoms with van der Waals surface area (Å²) in [6, 6.07) is 6.01. The van der Waals surface area contributed by atoms with E-state index in [0.717, 1.165) is 40.9 Å². The van der Waals surface area contributed by atoms with Gasteiger partial charge in [0, 0.05) is 12.1 Å². The number of nitrogens with one attached hydrogen (secondary N) is 3. The van der Waals surface area contributed by atoms with Gasteiger partial charge in [-0.2, -0.15) is 0 Å². The molecule has 0 radical (unpaired) electrons. The van der Waals surface area contributed by atoms with Crippen molar-refractivity contribution < 1.29 is 4.90 Å². The standard InChI is InChI=1S/C19H32ClN3S/c1-4-5-6-7-8-9-12-21-18-11-10-16(15-17(18)20)19(24)22-13-14-23(2)3/h10-11,15,21H,4-9,12-14H2,1-3H3,(H,22,24)/p+1. The second kappa shape index (κ2) is 12.5. The Morgan fingerprint density at radius 3 is 2.46 bits per heavy atom. The van der Waals surface area contributed by atoms with Gasteiger partial charge in [0.25, 0.3) is 0 Å². The van der Waals surface area contributed by atoms with Crippen molar-refractivity contribution in [3.8, 4) is 0 Å². The van der Waals surface area contributed by atoms with Gasteiger partial charge in [-0.05, 0) is 24.6 Å². The Morgan fingerprint density at radius 2 is 1.79 bits per heavy atom. The Morgan fingerprint density at radius 1 is 1.08 bits per heavy atom. The molecular formula is C19H33ClN3S+. The third kappa shape index (κ3) is 8.86. The third-order valence-corrected chi connectivity index (χ3v) is 4.68. The Labute approximate surface area is 158 Å². The number of benzene rings is 1. The Kier molecular flexibility index (Phi) is 11.1. The lowest BCUT2D eigenvalue weighted by Crippen LogP contribution is -3.06. The Hall–Kier alpha value is -0.840. The zero-order valence-corrected chi connectivity index (χ0v) is 17.0.